The van der Waals surface area contributed by atoms with Gasteiger partial charge in [-0.1, -0.05) is 43.5 Å². The van der Waals surface area contributed by atoms with Crippen LogP contribution in [0.1, 0.15) is 6.42 Å². The lowest BCUT2D eigenvalue weighted by atomic mass is 10.3. The fourth-order valence-electron chi connectivity index (χ4n) is 1.98. The number of sulfonamides is 1. The van der Waals surface area contributed by atoms with Crippen molar-refractivity contribution in [3.05, 3.63) is 56.4 Å². The number of halogens is 3. The van der Waals surface area contributed by atoms with E-state index in [4.69, 9.17) is 16.7 Å². The van der Waals surface area contributed by atoms with Gasteiger partial charge in [0.15, 0.2) is 0 Å². The predicted molar refractivity (Wildman–Crippen MR) is 100 cm³/mol. The van der Waals surface area contributed by atoms with Crippen LogP contribution in [0.3, 0.4) is 0 Å². The number of benzene rings is 2. The minimum absolute atomic E-state index is 0.0510. The highest BCUT2D eigenvalue weighted by Gasteiger charge is 2.27. The molecule has 0 unspecified atom stereocenters. The molecule has 0 saturated carbocycles. The van der Waals surface area contributed by atoms with Crippen LogP contribution in [0, 0.1) is 0 Å². The fourth-order valence-corrected chi connectivity index (χ4v) is 4.56. The number of carbonyl (C=O) groups is 1. The van der Waals surface area contributed by atoms with Crippen molar-refractivity contribution in [1.82, 2.24) is 0 Å². The summed E-state index contributed by atoms with van der Waals surface area (Å²) in [6.45, 7) is -0.227. The van der Waals surface area contributed by atoms with Crippen molar-refractivity contribution >= 4 is 65.1 Å². The summed E-state index contributed by atoms with van der Waals surface area (Å²) in [5.41, 5.74) is 0.226. The third kappa shape index (κ3) is 4.50. The first kappa shape index (κ1) is 19.2. The van der Waals surface area contributed by atoms with Gasteiger partial charge in [-0.2, -0.15) is 0 Å². The largest absolute Gasteiger partial charge is 0.481 e. The molecular weight excluding hydrogens is 485 g/mol. The molecule has 2 aromatic carbocycles. The number of anilines is 1. The van der Waals surface area contributed by atoms with E-state index in [1.165, 1.54) is 18.2 Å². The van der Waals surface area contributed by atoms with Crippen molar-refractivity contribution in [2.24, 2.45) is 0 Å². The molecule has 0 atom stereocenters. The standard InChI is InChI=1S/C15H12Br2ClNO4S/c16-10-1-4-12(5-2-10)24(22,23)19(8-7-15(20)21)14-6-3-11(17)9-13(14)18/h1-6,9H,7-8H2,(H,20,21). The van der Waals surface area contributed by atoms with Crippen LogP contribution < -0.4 is 4.31 Å². The Bertz CT molecular complexity index is 856. The number of carboxylic acids is 1. The van der Waals surface area contributed by atoms with Gasteiger partial charge in [0.25, 0.3) is 10.0 Å². The average Bonchev–Trinajstić information content (AvgIpc) is 2.49. The van der Waals surface area contributed by atoms with Gasteiger partial charge in [-0.3, -0.25) is 9.10 Å². The van der Waals surface area contributed by atoms with E-state index in [0.29, 0.717) is 4.47 Å². The van der Waals surface area contributed by atoms with Gasteiger partial charge in [-0.05, 0) is 42.5 Å². The van der Waals surface area contributed by atoms with Crippen LogP contribution in [-0.4, -0.2) is 26.0 Å². The first-order valence-electron chi connectivity index (χ1n) is 6.67. The molecule has 0 amide bonds. The van der Waals surface area contributed by atoms with Gasteiger partial charge in [-0.25, -0.2) is 8.42 Å². The van der Waals surface area contributed by atoms with Crippen LogP contribution in [0.25, 0.3) is 0 Å². The maximum absolute atomic E-state index is 12.9. The van der Waals surface area contributed by atoms with Crippen molar-refractivity contribution in [2.75, 3.05) is 10.8 Å². The van der Waals surface area contributed by atoms with E-state index < -0.39 is 16.0 Å². The highest BCUT2D eigenvalue weighted by molar-refractivity contribution is 9.10. The second-order valence-electron chi connectivity index (χ2n) is 4.77. The molecule has 128 valence electrons. The number of rotatable bonds is 6. The summed E-state index contributed by atoms with van der Waals surface area (Å²) in [6, 6.07) is 10.8. The number of carboxylic acid groups (broad SMARTS) is 1. The Balaban J connectivity index is 2.52. The third-order valence-corrected chi connectivity index (χ3v) is 6.26. The number of hydrogen-bond donors (Lipinski definition) is 1. The molecule has 2 rings (SSSR count). The summed E-state index contributed by atoms with van der Waals surface area (Å²) in [5, 5.41) is 9.13. The van der Waals surface area contributed by atoms with E-state index >= 15 is 0 Å². The average molecular weight is 498 g/mol. The van der Waals surface area contributed by atoms with Crippen molar-refractivity contribution < 1.29 is 18.3 Å². The van der Waals surface area contributed by atoms with Gasteiger partial charge in [0.2, 0.25) is 0 Å². The molecule has 0 spiro atoms. The fraction of sp³-hybridized carbons (Fsp3) is 0.133. The lowest BCUT2D eigenvalue weighted by Crippen LogP contribution is -2.33. The minimum atomic E-state index is -3.95. The monoisotopic (exact) mass is 495 g/mol. The van der Waals surface area contributed by atoms with Crippen LogP contribution in [0.2, 0.25) is 5.02 Å². The second-order valence-corrected chi connectivity index (χ2v) is 8.87. The predicted octanol–water partition coefficient (Wildman–Crippen LogP) is 4.54. The zero-order valence-corrected chi connectivity index (χ0v) is 16.9. The molecule has 0 heterocycles. The van der Waals surface area contributed by atoms with Gasteiger partial charge in [0.1, 0.15) is 0 Å². The Hall–Kier alpha value is -1.09. The van der Waals surface area contributed by atoms with Gasteiger partial charge >= 0.3 is 5.97 Å². The molecule has 24 heavy (non-hydrogen) atoms. The first-order valence-corrected chi connectivity index (χ1v) is 10.1. The quantitative estimate of drug-likeness (QED) is 0.636. The van der Waals surface area contributed by atoms with E-state index in [9.17, 15) is 13.2 Å². The van der Waals surface area contributed by atoms with E-state index in [1.54, 1.807) is 24.3 Å². The topological polar surface area (TPSA) is 74.7 Å². The Morgan fingerprint density at radius 3 is 2.21 bits per heavy atom. The summed E-state index contributed by atoms with van der Waals surface area (Å²) >= 11 is 12.7. The first-order chi connectivity index (χ1) is 11.2. The second kappa shape index (κ2) is 7.86. The van der Waals surface area contributed by atoms with E-state index in [-0.39, 0.29) is 28.6 Å². The SMILES string of the molecule is O=C(O)CCN(c1ccc(Br)cc1Cl)S(=O)(=O)c1ccc(Br)cc1. The van der Waals surface area contributed by atoms with Crippen molar-refractivity contribution in [2.45, 2.75) is 11.3 Å². The normalized spacial score (nSPS) is 11.3. The molecular formula is C15H12Br2ClNO4S. The van der Waals surface area contributed by atoms with Crippen LogP contribution >= 0.6 is 43.5 Å². The Morgan fingerprint density at radius 1 is 1.08 bits per heavy atom. The van der Waals surface area contributed by atoms with Gasteiger partial charge < -0.3 is 5.11 Å². The Kier molecular flexibility index (Phi) is 6.30. The molecule has 0 fully saturated rings. The van der Waals surface area contributed by atoms with Crippen molar-refractivity contribution in [1.29, 1.82) is 0 Å². The summed E-state index contributed by atoms with van der Waals surface area (Å²) in [6.07, 6.45) is -0.345. The van der Waals surface area contributed by atoms with Crippen molar-refractivity contribution in [3.8, 4) is 0 Å². The number of hydrogen-bond acceptors (Lipinski definition) is 3. The molecule has 0 aliphatic heterocycles. The van der Waals surface area contributed by atoms with Crippen LogP contribution in [0.4, 0.5) is 5.69 Å². The summed E-state index contributed by atoms with van der Waals surface area (Å²) in [5.74, 6) is -1.10. The van der Waals surface area contributed by atoms with Gasteiger partial charge in [0.05, 0.1) is 22.0 Å². The Labute approximate surface area is 161 Å². The van der Waals surface area contributed by atoms with E-state index in [2.05, 4.69) is 31.9 Å². The molecule has 0 aromatic heterocycles. The lowest BCUT2D eigenvalue weighted by molar-refractivity contribution is -0.136. The van der Waals surface area contributed by atoms with Gasteiger partial charge in [0, 0.05) is 15.5 Å². The zero-order valence-electron chi connectivity index (χ0n) is 12.1. The smallest absolute Gasteiger partial charge is 0.305 e. The summed E-state index contributed by atoms with van der Waals surface area (Å²) in [4.78, 5) is 11.0. The van der Waals surface area contributed by atoms with E-state index in [0.717, 1.165) is 8.78 Å². The maximum Gasteiger partial charge on any atom is 0.305 e. The molecule has 2 aromatic rings. The zero-order chi connectivity index (χ0) is 17.9. The van der Waals surface area contributed by atoms with Crippen molar-refractivity contribution in [3.63, 3.8) is 0 Å². The molecule has 0 radical (unpaired) electrons. The highest BCUT2D eigenvalue weighted by atomic mass is 79.9. The van der Waals surface area contributed by atoms with Gasteiger partial charge in [-0.15, -0.1) is 0 Å². The lowest BCUT2D eigenvalue weighted by Gasteiger charge is -2.25. The van der Waals surface area contributed by atoms with Crippen LogP contribution in [0.5, 0.6) is 0 Å². The number of nitrogens with zero attached hydrogens (tertiary/aromatic N) is 1. The molecule has 0 aliphatic rings. The van der Waals surface area contributed by atoms with E-state index in [1.807, 2.05) is 0 Å². The molecule has 0 bridgehead atoms. The summed E-state index contributed by atoms with van der Waals surface area (Å²) < 4.78 is 28.3. The summed E-state index contributed by atoms with van der Waals surface area (Å²) in [7, 11) is -3.95. The molecule has 1 N–H and O–H groups in total. The molecule has 5 nitrogen and oxygen atoms in total. The number of aliphatic carboxylic acids is 1. The minimum Gasteiger partial charge on any atom is -0.481 e. The Morgan fingerprint density at radius 2 is 1.67 bits per heavy atom. The molecule has 9 heteroatoms. The van der Waals surface area contributed by atoms with Crippen LogP contribution in [0.15, 0.2) is 56.3 Å². The third-order valence-electron chi connectivity index (χ3n) is 3.11. The highest BCUT2D eigenvalue weighted by Crippen LogP contribution is 2.33. The molecule has 0 saturated heterocycles. The maximum atomic E-state index is 12.9. The molecule has 0 aliphatic carbocycles. The van der Waals surface area contributed by atoms with Crippen LogP contribution in [-0.2, 0) is 14.8 Å².